The van der Waals surface area contributed by atoms with E-state index in [4.69, 9.17) is 4.74 Å². The molecule has 0 bridgehead atoms. The average molecular weight is 490 g/mol. The maximum Gasteiger partial charge on any atom is 0.310 e. The number of unbranched alkanes of at least 4 members (excludes halogenated alkanes) is 1. The van der Waals surface area contributed by atoms with Crippen molar-refractivity contribution in [2.45, 2.75) is 31.1 Å². The van der Waals surface area contributed by atoms with Crippen LogP contribution in [0, 0.1) is 15.9 Å². The van der Waals surface area contributed by atoms with Crippen LogP contribution in [0.3, 0.4) is 0 Å². The van der Waals surface area contributed by atoms with E-state index in [1.807, 2.05) is 13.0 Å². The van der Waals surface area contributed by atoms with E-state index in [0.29, 0.717) is 24.0 Å². The van der Waals surface area contributed by atoms with E-state index in [2.05, 4.69) is 4.84 Å². The standard InChI is InChI=1S/C24H24FNO7S/c1-16-21(13-17-5-8-19(9-6-17)34(2,30)31)20-10-7-18(25)14-23(20)22(16)15-24(27)32-11-3-4-12-33-26(28)29/h5-10,13-14H,3-4,11-12,15H2,1-2H3/b21-13-. The Labute approximate surface area is 196 Å². The van der Waals surface area contributed by atoms with Crippen LogP contribution in [0.15, 0.2) is 52.9 Å². The van der Waals surface area contributed by atoms with Gasteiger partial charge in [0.1, 0.15) is 5.82 Å². The Bertz CT molecular complexity index is 1260. The molecule has 34 heavy (non-hydrogen) atoms. The molecule has 0 fully saturated rings. The average Bonchev–Trinajstić information content (AvgIpc) is 3.01. The number of benzene rings is 2. The molecule has 1 aliphatic rings. The van der Waals surface area contributed by atoms with Gasteiger partial charge in [-0.05, 0) is 83.5 Å². The van der Waals surface area contributed by atoms with E-state index in [1.165, 1.54) is 24.3 Å². The Morgan fingerprint density at radius 2 is 1.76 bits per heavy atom. The molecular formula is C24H24FNO7S. The Balaban J connectivity index is 1.78. The molecule has 10 heteroatoms. The van der Waals surface area contributed by atoms with Crippen molar-refractivity contribution >= 4 is 33.0 Å². The lowest BCUT2D eigenvalue weighted by Gasteiger charge is -2.08. The van der Waals surface area contributed by atoms with E-state index < -0.39 is 26.7 Å². The fraction of sp³-hybridized carbons (Fsp3) is 0.292. The van der Waals surface area contributed by atoms with E-state index in [0.717, 1.165) is 28.5 Å². The monoisotopic (exact) mass is 489 g/mol. The maximum atomic E-state index is 14.0. The zero-order chi connectivity index (χ0) is 24.9. The van der Waals surface area contributed by atoms with E-state index in [1.54, 1.807) is 18.2 Å². The van der Waals surface area contributed by atoms with Crippen LogP contribution in [0.25, 0.3) is 17.2 Å². The van der Waals surface area contributed by atoms with Gasteiger partial charge in [0.2, 0.25) is 0 Å². The molecule has 3 rings (SSSR count). The summed E-state index contributed by atoms with van der Waals surface area (Å²) in [7, 11) is -3.31. The highest BCUT2D eigenvalue weighted by atomic mass is 32.2. The number of carbonyl (C=O) groups excluding carboxylic acids is 1. The predicted molar refractivity (Wildman–Crippen MR) is 124 cm³/mol. The van der Waals surface area contributed by atoms with Crippen molar-refractivity contribution in [3.05, 3.63) is 80.7 Å². The summed E-state index contributed by atoms with van der Waals surface area (Å²) in [6, 6.07) is 10.8. The first-order valence-corrected chi connectivity index (χ1v) is 12.4. The molecule has 0 saturated heterocycles. The number of carbonyl (C=O) groups is 1. The molecule has 0 N–H and O–H groups in total. The van der Waals surface area contributed by atoms with Crippen LogP contribution < -0.4 is 0 Å². The lowest BCUT2D eigenvalue weighted by atomic mass is 10.0. The van der Waals surface area contributed by atoms with E-state index >= 15 is 0 Å². The van der Waals surface area contributed by atoms with Crippen molar-refractivity contribution in [2.75, 3.05) is 19.5 Å². The minimum absolute atomic E-state index is 0.0575. The quantitative estimate of drug-likeness (QED) is 0.209. The van der Waals surface area contributed by atoms with Gasteiger partial charge in [-0.3, -0.25) is 4.79 Å². The number of esters is 1. The number of sulfone groups is 1. The van der Waals surface area contributed by atoms with Gasteiger partial charge in [0.15, 0.2) is 9.84 Å². The zero-order valence-electron chi connectivity index (χ0n) is 18.7. The van der Waals surface area contributed by atoms with Gasteiger partial charge in [0.05, 0.1) is 24.5 Å². The van der Waals surface area contributed by atoms with Crippen molar-refractivity contribution in [1.82, 2.24) is 0 Å². The molecule has 2 aromatic carbocycles. The van der Waals surface area contributed by atoms with Gasteiger partial charge < -0.3 is 9.57 Å². The van der Waals surface area contributed by atoms with Gasteiger partial charge in [-0.25, -0.2) is 12.8 Å². The van der Waals surface area contributed by atoms with Crippen molar-refractivity contribution < 1.29 is 32.3 Å². The number of rotatable bonds is 10. The Morgan fingerprint density at radius 1 is 1.09 bits per heavy atom. The van der Waals surface area contributed by atoms with Gasteiger partial charge in [0, 0.05) is 6.26 Å². The second-order valence-corrected chi connectivity index (χ2v) is 9.87. The highest BCUT2D eigenvalue weighted by Gasteiger charge is 2.26. The van der Waals surface area contributed by atoms with E-state index in [-0.39, 0.29) is 24.5 Å². The minimum Gasteiger partial charge on any atom is -0.465 e. The van der Waals surface area contributed by atoms with Crippen molar-refractivity contribution in [3.63, 3.8) is 0 Å². The predicted octanol–water partition coefficient (Wildman–Crippen LogP) is 4.48. The van der Waals surface area contributed by atoms with Gasteiger partial charge in [0.25, 0.3) is 5.09 Å². The van der Waals surface area contributed by atoms with Gasteiger partial charge in [-0.2, -0.15) is 0 Å². The summed E-state index contributed by atoms with van der Waals surface area (Å²) >= 11 is 0. The first kappa shape index (κ1) is 25.1. The van der Waals surface area contributed by atoms with Gasteiger partial charge >= 0.3 is 5.97 Å². The van der Waals surface area contributed by atoms with Crippen LogP contribution in [0.1, 0.15) is 42.9 Å². The molecule has 1 aliphatic carbocycles. The van der Waals surface area contributed by atoms with Crippen molar-refractivity contribution in [1.29, 1.82) is 0 Å². The first-order valence-electron chi connectivity index (χ1n) is 10.5. The number of nitrogens with zero attached hydrogens (tertiary/aromatic N) is 1. The van der Waals surface area contributed by atoms with Crippen LogP contribution in [0.4, 0.5) is 4.39 Å². The molecule has 0 aromatic heterocycles. The molecule has 0 amide bonds. The number of halogens is 1. The fourth-order valence-electron chi connectivity index (χ4n) is 3.68. The second kappa shape index (κ2) is 10.6. The number of ether oxygens (including phenoxy) is 1. The third-order valence-corrected chi connectivity index (χ3v) is 6.52. The smallest absolute Gasteiger partial charge is 0.310 e. The third-order valence-electron chi connectivity index (χ3n) is 5.39. The Morgan fingerprint density at radius 3 is 2.41 bits per heavy atom. The third kappa shape index (κ3) is 6.28. The largest absolute Gasteiger partial charge is 0.465 e. The lowest BCUT2D eigenvalue weighted by molar-refractivity contribution is -0.757. The number of hydrogen-bond acceptors (Lipinski definition) is 7. The summed E-state index contributed by atoms with van der Waals surface area (Å²) in [5.74, 6) is -0.916. The molecule has 2 aromatic rings. The topological polar surface area (TPSA) is 113 Å². The van der Waals surface area contributed by atoms with Crippen LogP contribution >= 0.6 is 0 Å². The SMILES string of the molecule is CC1=C(CC(=O)OCCCCO[N+](=O)[O-])c2cc(F)ccc2/C1=C\c1ccc(S(C)(=O)=O)cc1. The summed E-state index contributed by atoms with van der Waals surface area (Å²) in [6.07, 6.45) is 3.73. The maximum absolute atomic E-state index is 14.0. The molecule has 0 heterocycles. The summed E-state index contributed by atoms with van der Waals surface area (Å²) in [6.45, 7) is 1.87. The number of fused-ring (bicyclic) bond motifs is 1. The Kier molecular flexibility index (Phi) is 7.83. The van der Waals surface area contributed by atoms with Crippen molar-refractivity contribution in [3.8, 4) is 0 Å². The first-order chi connectivity index (χ1) is 16.1. The summed E-state index contributed by atoms with van der Waals surface area (Å²) < 4.78 is 42.6. The second-order valence-electron chi connectivity index (χ2n) is 7.85. The van der Waals surface area contributed by atoms with Crippen LogP contribution in [0.2, 0.25) is 0 Å². The lowest BCUT2D eigenvalue weighted by Crippen LogP contribution is -2.08. The summed E-state index contributed by atoms with van der Waals surface area (Å²) in [5, 5.41) is 9.25. The fourth-order valence-corrected chi connectivity index (χ4v) is 4.31. The zero-order valence-corrected chi connectivity index (χ0v) is 19.6. The molecule has 0 unspecified atom stereocenters. The summed E-state index contributed by atoms with van der Waals surface area (Å²) in [5.41, 5.74) is 4.39. The minimum atomic E-state index is -3.31. The normalized spacial score (nSPS) is 14.3. The Hall–Kier alpha value is -3.53. The molecule has 0 radical (unpaired) electrons. The van der Waals surface area contributed by atoms with Crippen LogP contribution in [-0.2, 0) is 24.2 Å². The number of hydrogen-bond donors (Lipinski definition) is 0. The molecule has 0 atom stereocenters. The molecule has 0 saturated carbocycles. The number of allylic oxidation sites excluding steroid dienone is 2. The van der Waals surface area contributed by atoms with Crippen LogP contribution in [-0.4, -0.2) is 38.9 Å². The molecule has 8 nitrogen and oxygen atoms in total. The highest BCUT2D eigenvalue weighted by Crippen LogP contribution is 2.44. The van der Waals surface area contributed by atoms with E-state index in [9.17, 15) is 27.7 Å². The summed E-state index contributed by atoms with van der Waals surface area (Å²) in [4.78, 5) is 27.0. The highest BCUT2D eigenvalue weighted by molar-refractivity contribution is 7.90. The molecule has 0 spiro atoms. The van der Waals surface area contributed by atoms with Crippen molar-refractivity contribution in [2.24, 2.45) is 0 Å². The van der Waals surface area contributed by atoms with Gasteiger partial charge in [-0.1, -0.05) is 18.2 Å². The van der Waals surface area contributed by atoms with Crippen LogP contribution in [0.5, 0.6) is 0 Å². The molecular weight excluding hydrogens is 465 g/mol. The molecule has 0 aliphatic heterocycles. The van der Waals surface area contributed by atoms with Gasteiger partial charge in [-0.15, -0.1) is 10.1 Å². The molecule has 180 valence electrons.